The van der Waals surface area contributed by atoms with Crippen molar-refractivity contribution in [2.75, 3.05) is 17.2 Å². The molecular formula is C17H28N4OS. The zero-order valence-corrected chi connectivity index (χ0v) is 15.2. The molecule has 1 aromatic rings. The number of nitrogens with zero attached hydrogens (tertiary/aromatic N) is 3. The molecule has 23 heavy (non-hydrogen) atoms. The van der Waals surface area contributed by atoms with Crippen LogP contribution in [0.1, 0.15) is 44.7 Å². The third kappa shape index (κ3) is 3.58. The summed E-state index contributed by atoms with van der Waals surface area (Å²) in [6.07, 6.45) is 5.98. The van der Waals surface area contributed by atoms with E-state index in [0.29, 0.717) is 11.3 Å². The Morgan fingerprint density at radius 1 is 1.35 bits per heavy atom. The first-order chi connectivity index (χ1) is 11.1. The van der Waals surface area contributed by atoms with Crippen LogP contribution < -0.4 is 10.2 Å². The normalized spacial score (nSPS) is 28.6. The van der Waals surface area contributed by atoms with Crippen molar-refractivity contribution in [3.63, 3.8) is 0 Å². The highest BCUT2D eigenvalue weighted by atomic mass is 32.2. The van der Waals surface area contributed by atoms with Gasteiger partial charge in [0.05, 0.1) is 11.7 Å². The second kappa shape index (κ2) is 7.26. The van der Waals surface area contributed by atoms with Crippen molar-refractivity contribution < 1.29 is 4.79 Å². The maximum absolute atomic E-state index is 12.8. The fourth-order valence-corrected chi connectivity index (χ4v) is 5.08. The Kier molecular flexibility index (Phi) is 5.31. The van der Waals surface area contributed by atoms with Crippen molar-refractivity contribution in [1.82, 2.24) is 15.1 Å². The van der Waals surface area contributed by atoms with Crippen molar-refractivity contribution in [2.24, 2.45) is 7.05 Å². The van der Waals surface area contributed by atoms with Crippen LogP contribution in [0.3, 0.4) is 0 Å². The third-order valence-electron chi connectivity index (χ3n) is 4.96. The molecule has 1 saturated heterocycles. The number of thioether (sulfide) groups is 1. The highest BCUT2D eigenvalue weighted by molar-refractivity contribution is 7.99. The summed E-state index contributed by atoms with van der Waals surface area (Å²) in [7, 11) is 1.91. The zero-order valence-electron chi connectivity index (χ0n) is 14.4. The summed E-state index contributed by atoms with van der Waals surface area (Å²) < 4.78 is 1.81. The van der Waals surface area contributed by atoms with Crippen LogP contribution in [0.5, 0.6) is 0 Å². The van der Waals surface area contributed by atoms with Crippen LogP contribution in [-0.2, 0) is 11.8 Å². The number of aromatic nitrogens is 2. The third-order valence-corrected chi connectivity index (χ3v) is 6.28. The number of anilines is 1. The van der Waals surface area contributed by atoms with Gasteiger partial charge in [-0.2, -0.15) is 16.9 Å². The summed E-state index contributed by atoms with van der Waals surface area (Å²) in [6, 6.07) is 2.44. The Morgan fingerprint density at radius 2 is 2.13 bits per heavy atom. The van der Waals surface area contributed by atoms with Gasteiger partial charge in [0, 0.05) is 31.0 Å². The number of nitrogens with one attached hydrogen (secondary N) is 1. The standard InChI is InChI=1S/C17H28N4OS/c1-4-23-15-8-6-5-7-13(15)18-14-9-10-21(17(14)22)16-11-12(2)19-20(16)3/h11,13-15,18H,4-10H2,1-3H3/t13-,14-,15-/m1/s1. The average molecular weight is 337 g/mol. The van der Waals surface area contributed by atoms with E-state index in [2.05, 4.69) is 17.3 Å². The minimum atomic E-state index is -0.0340. The van der Waals surface area contributed by atoms with Crippen molar-refractivity contribution in [3.05, 3.63) is 11.8 Å². The first-order valence-corrected chi connectivity index (χ1v) is 9.84. The molecule has 0 aromatic carbocycles. The lowest BCUT2D eigenvalue weighted by Crippen LogP contribution is -2.49. The maximum Gasteiger partial charge on any atom is 0.245 e. The first-order valence-electron chi connectivity index (χ1n) is 8.79. The van der Waals surface area contributed by atoms with E-state index in [9.17, 15) is 4.79 Å². The van der Waals surface area contributed by atoms with Gasteiger partial charge in [0.25, 0.3) is 0 Å². The van der Waals surface area contributed by atoms with Crippen molar-refractivity contribution in [3.8, 4) is 0 Å². The lowest BCUT2D eigenvalue weighted by molar-refractivity contribution is -0.119. The Morgan fingerprint density at radius 3 is 2.83 bits per heavy atom. The molecule has 0 radical (unpaired) electrons. The molecule has 128 valence electrons. The van der Waals surface area contributed by atoms with Gasteiger partial charge in [0.1, 0.15) is 5.82 Å². The molecule has 2 heterocycles. The van der Waals surface area contributed by atoms with Gasteiger partial charge >= 0.3 is 0 Å². The van der Waals surface area contributed by atoms with Crippen LogP contribution in [0.25, 0.3) is 0 Å². The Bertz CT molecular complexity index is 557. The molecule has 6 heteroatoms. The number of rotatable bonds is 5. The Balaban J connectivity index is 1.65. The number of hydrogen-bond acceptors (Lipinski definition) is 4. The van der Waals surface area contributed by atoms with Gasteiger partial charge in [-0.05, 0) is 31.9 Å². The average Bonchev–Trinajstić information content (AvgIpc) is 3.04. The Labute approximate surface area is 143 Å². The van der Waals surface area contributed by atoms with E-state index in [0.717, 1.165) is 30.2 Å². The second-order valence-corrected chi connectivity index (χ2v) is 8.17. The van der Waals surface area contributed by atoms with Gasteiger partial charge in [-0.3, -0.25) is 14.4 Å². The minimum Gasteiger partial charge on any atom is -0.302 e. The summed E-state index contributed by atoms with van der Waals surface area (Å²) in [5, 5.41) is 8.71. The molecular weight excluding hydrogens is 308 g/mol. The predicted molar refractivity (Wildman–Crippen MR) is 96.0 cm³/mol. The maximum atomic E-state index is 12.8. The van der Waals surface area contributed by atoms with E-state index in [1.54, 1.807) is 0 Å². The van der Waals surface area contributed by atoms with E-state index >= 15 is 0 Å². The Hall–Kier alpha value is -1.01. The molecule has 0 unspecified atom stereocenters. The molecule has 1 amide bonds. The quantitative estimate of drug-likeness (QED) is 0.897. The molecule has 0 bridgehead atoms. The van der Waals surface area contributed by atoms with Crippen LogP contribution in [0.4, 0.5) is 5.82 Å². The lowest BCUT2D eigenvalue weighted by atomic mass is 9.94. The van der Waals surface area contributed by atoms with E-state index < -0.39 is 0 Å². The number of carbonyl (C=O) groups excluding carboxylic acids is 1. The fraction of sp³-hybridized carbons (Fsp3) is 0.765. The smallest absolute Gasteiger partial charge is 0.245 e. The SMILES string of the molecule is CCS[C@@H]1CCCC[C@H]1N[C@@H]1CCN(c2cc(C)nn2C)C1=O. The molecule has 5 nitrogen and oxygen atoms in total. The van der Waals surface area contributed by atoms with Crippen LogP contribution in [0.15, 0.2) is 6.07 Å². The van der Waals surface area contributed by atoms with Crippen LogP contribution in [-0.4, -0.2) is 45.3 Å². The van der Waals surface area contributed by atoms with Gasteiger partial charge < -0.3 is 5.32 Å². The molecule has 3 rings (SSSR count). The topological polar surface area (TPSA) is 50.2 Å². The number of hydrogen-bond donors (Lipinski definition) is 1. The van der Waals surface area contributed by atoms with E-state index in [-0.39, 0.29) is 11.9 Å². The van der Waals surface area contributed by atoms with Crippen molar-refractivity contribution >= 4 is 23.5 Å². The van der Waals surface area contributed by atoms with Crippen LogP contribution in [0, 0.1) is 6.92 Å². The molecule has 1 aliphatic carbocycles. The van der Waals surface area contributed by atoms with Crippen molar-refractivity contribution in [1.29, 1.82) is 0 Å². The van der Waals surface area contributed by atoms with Gasteiger partial charge in [-0.25, -0.2) is 0 Å². The summed E-state index contributed by atoms with van der Waals surface area (Å²) in [4.78, 5) is 14.7. The molecule has 1 aliphatic heterocycles. The number of amides is 1. The molecule has 0 spiro atoms. The lowest BCUT2D eigenvalue weighted by Gasteiger charge is -2.33. The molecule has 1 N–H and O–H groups in total. The highest BCUT2D eigenvalue weighted by Crippen LogP contribution is 2.30. The van der Waals surface area contributed by atoms with E-state index in [4.69, 9.17) is 0 Å². The van der Waals surface area contributed by atoms with E-state index in [1.165, 1.54) is 25.7 Å². The van der Waals surface area contributed by atoms with Gasteiger partial charge in [-0.15, -0.1) is 0 Å². The number of aryl methyl sites for hydroxylation is 2. The molecule has 3 atom stereocenters. The fourth-order valence-electron chi connectivity index (χ4n) is 3.87. The molecule has 2 aliphatic rings. The molecule has 2 fully saturated rings. The van der Waals surface area contributed by atoms with Crippen LogP contribution >= 0.6 is 11.8 Å². The van der Waals surface area contributed by atoms with Gasteiger partial charge in [-0.1, -0.05) is 19.8 Å². The first kappa shape index (κ1) is 16.8. The zero-order chi connectivity index (χ0) is 16.4. The number of carbonyl (C=O) groups is 1. The monoisotopic (exact) mass is 336 g/mol. The summed E-state index contributed by atoms with van der Waals surface area (Å²) in [5.74, 6) is 2.28. The predicted octanol–water partition coefficient (Wildman–Crippen LogP) is 2.49. The van der Waals surface area contributed by atoms with E-state index in [1.807, 2.05) is 41.4 Å². The minimum absolute atomic E-state index is 0.0340. The molecule has 1 aromatic heterocycles. The highest BCUT2D eigenvalue weighted by Gasteiger charge is 2.37. The second-order valence-electron chi connectivity index (χ2n) is 6.65. The van der Waals surface area contributed by atoms with Gasteiger partial charge in [0.15, 0.2) is 0 Å². The largest absolute Gasteiger partial charge is 0.302 e. The molecule has 1 saturated carbocycles. The summed E-state index contributed by atoms with van der Waals surface area (Å²) in [6.45, 7) is 4.98. The van der Waals surface area contributed by atoms with Gasteiger partial charge in [0.2, 0.25) is 5.91 Å². The summed E-state index contributed by atoms with van der Waals surface area (Å²) >= 11 is 2.05. The van der Waals surface area contributed by atoms with Crippen LogP contribution in [0.2, 0.25) is 0 Å². The summed E-state index contributed by atoms with van der Waals surface area (Å²) in [5.41, 5.74) is 0.957. The van der Waals surface area contributed by atoms with Crippen molar-refractivity contribution in [2.45, 2.75) is 63.3 Å².